The molecule has 0 radical (unpaired) electrons. The van der Waals surface area contributed by atoms with Crippen molar-refractivity contribution in [3.8, 4) is 11.5 Å². The number of piperidine rings is 1. The average molecular weight is 539 g/mol. The molecule has 2 aromatic carbocycles. The Morgan fingerprint density at radius 3 is 2.58 bits per heavy atom. The van der Waals surface area contributed by atoms with Gasteiger partial charge in [0.2, 0.25) is 5.89 Å². The number of hydrogen-bond donors (Lipinski definition) is 0. The van der Waals surface area contributed by atoms with Crippen LogP contribution in [-0.2, 0) is 20.8 Å². The van der Waals surface area contributed by atoms with Crippen LogP contribution in [0.2, 0.25) is 0 Å². The van der Waals surface area contributed by atoms with Gasteiger partial charge >= 0.3 is 6.01 Å². The van der Waals surface area contributed by atoms with Crippen LogP contribution in [0.1, 0.15) is 12.8 Å². The number of aromatic nitrogens is 3. The summed E-state index contributed by atoms with van der Waals surface area (Å²) in [7, 11) is -4.05. The Morgan fingerprint density at radius 1 is 1.03 bits per heavy atom. The Balaban J connectivity index is 1.16. The molecule has 2 bridgehead atoms. The van der Waals surface area contributed by atoms with Crippen molar-refractivity contribution in [2.45, 2.75) is 30.3 Å². The van der Waals surface area contributed by atoms with E-state index in [1.54, 1.807) is 0 Å². The molecule has 3 fully saturated rings. The molecule has 7 rings (SSSR count). The van der Waals surface area contributed by atoms with Crippen LogP contribution in [0.4, 0.5) is 11.7 Å². The Bertz CT molecular complexity index is 1570. The molecule has 4 aromatic rings. The van der Waals surface area contributed by atoms with Crippen LogP contribution in [0.5, 0.6) is 0 Å². The van der Waals surface area contributed by atoms with Crippen LogP contribution in [0, 0.1) is 10.1 Å². The number of benzene rings is 2. The Kier molecular flexibility index (Phi) is 6.33. The zero-order chi connectivity index (χ0) is 26.3. The predicted molar refractivity (Wildman–Crippen MR) is 138 cm³/mol. The first-order valence-corrected chi connectivity index (χ1v) is 13.8. The Morgan fingerprint density at radius 2 is 1.82 bits per heavy atom. The Hall–Kier alpha value is -3.81. The molecular formula is C25H26N6O6S. The second-order valence-electron chi connectivity index (χ2n) is 9.47. The highest BCUT2D eigenvalue weighted by atomic mass is 32.2. The molecule has 0 saturated carbocycles. The quantitative estimate of drug-likeness (QED) is 0.187. The van der Waals surface area contributed by atoms with Crippen molar-refractivity contribution in [1.29, 1.82) is 0 Å². The van der Waals surface area contributed by atoms with Gasteiger partial charge in [0.25, 0.3) is 15.8 Å². The highest BCUT2D eigenvalue weighted by Crippen LogP contribution is 2.30. The summed E-state index contributed by atoms with van der Waals surface area (Å²) in [6.07, 6.45) is 4.05. The number of anilines is 1. The third kappa shape index (κ3) is 4.75. The lowest BCUT2D eigenvalue weighted by molar-refractivity contribution is -0.384. The molecule has 13 heteroatoms. The van der Waals surface area contributed by atoms with E-state index in [4.69, 9.17) is 8.60 Å². The fourth-order valence-corrected chi connectivity index (χ4v) is 6.05. The van der Waals surface area contributed by atoms with Crippen LogP contribution in [0.15, 0.2) is 64.0 Å². The minimum Gasteiger partial charge on any atom is -0.403 e. The van der Waals surface area contributed by atoms with E-state index in [1.165, 1.54) is 0 Å². The maximum Gasteiger partial charge on any atom is 0.318 e. The molecule has 3 aliphatic heterocycles. The SMILES string of the molecule is O=[N+]([O-])c1ccc(S(=O)(=O)OCCn2ccc3ccc(-c4nnc(N5CCN6CCC5CC6)o4)cc32)cc1. The predicted octanol–water partition coefficient (Wildman–Crippen LogP) is 3.29. The van der Waals surface area contributed by atoms with E-state index in [0.29, 0.717) is 17.9 Å². The van der Waals surface area contributed by atoms with E-state index in [9.17, 15) is 18.5 Å². The summed E-state index contributed by atoms with van der Waals surface area (Å²) in [5.74, 6) is 0.436. The lowest BCUT2D eigenvalue weighted by Crippen LogP contribution is -2.38. The smallest absolute Gasteiger partial charge is 0.318 e. The summed E-state index contributed by atoms with van der Waals surface area (Å²) in [4.78, 5) is 14.8. The van der Waals surface area contributed by atoms with Crippen molar-refractivity contribution >= 4 is 32.7 Å². The van der Waals surface area contributed by atoms with Gasteiger partial charge in [-0.05, 0) is 48.6 Å². The summed E-state index contributed by atoms with van der Waals surface area (Å²) in [6, 6.07) is 13.3. The molecule has 0 spiro atoms. The van der Waals surface area contributed by atoms with Gasteiger partial charge in [0, 0.05) is 68.2 Å². The third-order valence-electron chi connectivity index (χ3n) is 7.24. The highest BCUT2D eigenvalue weighted by Gasteiger charge is 2.32. The minimum absolute atomic E-state index is 0.106. The zero-order valence-electron chi connectivity index (χ0n) is 20.5. The van der Waals surface area contributed by atoms with Gasteiger partial charge in [0.1, 0.15) is 0 Å². The van der Waals surface area contributed by atoms with Crippen molar-refractivity contribution < 1.29 is 21.9 Å². The second kappa shape index (κ2) is 9.82. The number of nitro benzene ring substituents is 1. The highest BCUT2D eigenvalue weighted by molar-refractivity contribution is 7.86. The Labute approximate surface area is 218 Å². The summed E-state index contributed by atoms with van der Waals surface area (Å²) < 4.78 is 38.2. The number of nitrogens with zero attached hydrogens (tertiary/aromatic N) is 6. The lowest BCUT2D eigenvalue weighted by Gasteiger charge is -2.29. The first kappa shape index (κ1) is 24.5. The van der Waals surface area contributed by atoms with Gasteiger partial charge in [-0.25, -0.2) is 0 Å². The molecule has 2 aromatic heterocycles. The van der Waals surface area contributed by atoms with Crippen LogP contribution in [-0.4, -0.2) is 71.8 Å². The van der Waals surface area contributed by atoms with Gasteiger partial charge in [0.05, 0.1) is 16.4 Å². The van der Waals surface area contributed by atoms with Gasteiger partial charge in [-0.1, -0.05) is 11.2 Å². The van der Waals surface area contributed by atoms with E-state index < -0.39 is 15.0 Å². The summed E-state index contributed by atoms with van der Waals surface area (Å²) >= 11 is 0. The van der Waals surface area contributed by atoms with Crippen molar-refractivity contribution in [2.24, 2.45) is 0 Å². The average Bonchev–Trinajstić information content (AvgIpc) is 3.46. The molecule has 0 unspecified atom stereocenters. The van der Waals surface area contributed by atoms with Gasteiger partial charge < -0.3 is 18.8 Å². The first-order chi connectivity index (χ1) is 18.4. The molecule has 3 saturated heterocycles. The molecule has 0 amide bonds. The third-order valence-corrected chi connectivity index (χ3v) is 8.57. The maximum absolute atomic E-state index is 12.5. The molecule has 3 aliphatic rings. The molecule has 0 aliphatic carbocycles. The molecular weight excluding hydrogens is 512 g/mol. The number of non-ortho nitro benzene ring substituents is 1. The normalized spacial score (nSPS) is 19.6. The number of fused-ring (bicyclic) bond motifs is 5. The van der Waals surface area contributed by atoms with E-state index in [2.05, 4.69) is 20.0 Å². The van der Waals surface area contributed by atoms with Crippen LogP contribution in [0.25, 0.3) is 22.4 Å². The van der Waals surface area contributed by atoms with Crippen molar-refractivity contribution in [3.63, 3.8) is 0 Å². The van der Waals surface area contributed by atoms with Gasteiger partial charge in [-0.15, -0.1) is 5.10 Å². The molecule has 12 nitrogen and oxygen atoms in total. The maximum atomic E-state index is 12.5. The van der Waals surface area contributed by atoms with Crippen LogP contribution < -0.4 is 4.90 Å². The molecule has 0 atom stereocenters. The fraction of sp³-hybridized carbons (Fsp3) is 0.360. The first-order valence-electron chi connectivity index (χ1n) is 12.4. The van der Waals surface area contributed by atoms with Crippen molar-refractivity contribution in [2.75, 3.05) is 37.7 Å². The molecule has 38 heavy (non-hydrogen) atoms. The summed E-state index contributed by atoms with van der Waals surface area (Å²) in [5.41, 5.74) is 1.46. The number of hydrogen-bond acceptors (Lipinski definition) is 10. The summed E-state index contributed by atoms with van der Waals surface area (Å²) in [6.45, 7) is 4.25. The van der Waals surface area contributed by atoms with Crippen molar-refractivity contribution in [1.82, 2.24) is 19.7 Å². The van der Waals surface area contributed by atoms with Gasteiger partial charge in [0.15, 0.2) is 0 Å². The summed E-state index contributed by atoms with van der Waals surface area (Å²) in [5, 5.41) is 20.4. The van der Waals surface area contributed by atoms with E-state index in [-0.39, 0.29) is 23.7 Å². The molecule has 0 N–H and O–H groups in total. The number of rotatable bonds is 8. The van der Waals surface area contributed by atoms with E-state index in [1.807, 2.05) is 35.0 Å². The van der Waals surface area contributed by atoms with Gasteiger partial charge in [-0.2, -0.15) is 8.42 Å². The topological polar surface area (TPSA) is 137 Å². The monoisotopic (exact) mass is 538 g/mol. The largest absolute Gasteiger partial charge is 0.403 e. The molecule has 5 heterocycles. The van der Waals surface area contributed by atoms with E-state index in [0.717, 1.165) is 79.8 Å². The van der Waals surface area contributed by atoms with Crippen LogP contribution >= 0.6 is 0 Å². The molecule has 198 valence electrons. The van der Waals surface area contributed by atoms with Crippen molar-refractivity contribution in [3.05, 3.63) is 64.8 Å². The number of nitro groups is 1. The fourth-order valence-electron chi connectivity index (χ4n) is 5.15. The standard InChI is InChI=1S/C25H26N6O6S/c32-31(33)21-3-5-22(6-4-21)38(34,35)36-16-15-29-12-7-18-1-2-19(17-23(18)29)24-26-27-25(37-24)30-14-13-28-10-8-20(30)9-11-28/h1-7,12,17,20H,8-11,13-16H2. The zero-order valence-corrected chi connectivity index (χ0v) is 21.3. The van der Waals surface area contributed by atoms with Crippen LogP contribution in [0.3, 0.4) is 0 Å². The van der Waals surface area contributed by atoms with E-state index >= 15 is 0 Å². The minimum atomic E-state index is -4.05. The second-order valence-corrected chi connectivity index (χ2v) is 11.1. The lowest BCUT2D eigenvalue weighted by atomic mass is 10.1. The van der Waals surface area contributed by atoms with Gasteiger partial charge in [-0.3, -0.25) is 14.3 Å².